The van der Waals surface area contributed by atoms with Crippen LogP contribution in [0.4, 0.5) is 0 Å². The van der Waals surface area contributed by atoms with E-state index in [1.165, 1.54) is 0 Å². The highest BCUT2D eigenvalue weighted by atomic mass is 79.9. The van der Waals surface area contributed by atoms with Crippen LogP contribution in [-0.2, 0) is 6.54 Å². The molecule has 3 heteroatoms. The second-order valence-corrected chi connectivity index (χ2v) is 5.62. The number of halogens is 1. The Bertz CT molecular complexity index is 363. The number of rotatable bonds is 4. The zero-order valence-corrected chi connectivity index (χ0v) is 12.0. The first-order valence-electron chi connectivity index (χ1n) is 5.56. The van der Waals surface area contributed by atoms with Crippen LogP contribution < -0.4 is 0 Å². The number of para-hydroxylation sites is 1. The smallest absolute Gasteiger partial charge is 0.134 e. The SMILES string of the molecule is CCC(C)(C)N(C)Cc1cccc(Br)c1O. The van der Waals surface area contributed by atoms with Crippen molar-refractivity contribution in [3.05, 3.63) is 28.2 Å². The predicted molar refractivity (Wildman–Crippen MR) is 71.6 cm³/mol. The predicted octanol–water partition coefficient (Wildman–Crippen LogP) is 3.78. The van der Waals surface area contributed by atoms with Crippen LogP contribution in [-0.4, -0.2) is 22.6 Å². The fourth-order valence-electron chi connectivity index (χ4n) is 1.43. The highest BCUT2D eigenvalue weighted by Gasteiger charge is 2.22. The van der Waals surface area contributed by atoms with Gasteiger partial charge in [0.2, 0.25) is 0 Å². The summed E-state index contributed by atoms with van der Waals surface area (Å²) in [6, 6.07) is 5.76. The Morgan fingerprint density at radius 3 is 2.56 bits per heavy atom. The summed E-state index contributed by atoms with van der Waals surface area (Å²) in [5, 5.41) is 9.91. The number of hydrogen-bond acceptors (Lipinski definition) is 2. The van der Waals surface area contributed by atoms with Gasteiger partial charge in [0.1, 0.15) is 5.75 Å². The van der Waals surface area contributed by atoms with E-state index in [0.717, 1.165) is 23.0 Å². The quantitative estimate of drug-likeness (QED) is 0.910. The molecule has 0 saturated carbocycles. The lowest BCUT2D eigenvalue weighted by molar-refractivity contribution is 0.142. The molecule has 0 aliphatic heterocycles. The molecule has 1 N–H and O–H groups in total. The van der Waals surface area contributed by atoms with Crippen LogP contribution in [0.25, 0.3) is 0 Å². The number of phenolic OH excluding ortho intramolecular Hbond substituents is 1. The van der Waals surface area contributed by atoms with Crippen LogP contribution in [0.2, 0.25) is 0 Å². The molecule has 1 aromatic carbocycles. The molecule has 0 aliphatic carbocycles. The molecule has 0 aromatic heterocycles. The lowest BCUT2D eigenvalue weighted by Gasteiger charge is -2.35. The standard InChI is InChI=1S/C13H20BrNO/c1-5-13(2,3)15(4)9-10-7-6-8-11(14)12(10)16/h6-8,16H,5,9H2,1-4H3. The van der Waals surface area contributed by atoms with E-state index >= 15 is 0 Å². The van der Waals surface area contributed by atoms with Gasteiger partial charge in [-0.25, -0.2) is 0 Å². The molecule has 1 aromatic rings. The van der Waals surface area contributed by atoms with Gasteiger partial charge >= 0.3 is 0 Å². The van der Waals surface area contributed by atoms with E-state index in [0.29, 0.717) is 5.75 Å². The minimum Gasteiger partial charge on any atom is -0.506 e. The van der Waals surface area contributed by atoms with Crippen molar-refractivity contribution in [2.24, 2.45) is 0 Å². The van der Waals surface area contributed by atoms with Crippen molar-refractivity contribution >= 4 is 15.9 Å². The van der Waals surface area contributed by atoms with Gasteiger partial charge in [0.05, 0.1) is 4.47 Å². The molecule has 0 spiro atoms. The monoisotopic (exact) mass is 285 g/mol. The maximum atomic E-state index is 9.91. The van der Waals surface area contributed by atoms with E-state index in [1.807, 2.05) is 18.2 Å². The average molecular weight is 286 g/mol. The summed E-state index contributed by atoms with van der Waals surface area (Å²) in [7, 11) is 2.09. The summed E-state index contributed by atoms with van der Waals surface area (Å²) in [4.78, 5) is 2.26. The Hall–Kier alpha value is -0.540. The van der Waals surface area contributed by atoms with Gasteiger partial charge in [-0.1, -0.05) is 19.1 Å². The normalized spacial score (nSPS) is 12.1. The highest BCUT2D eigenvalue weighted by Crippen LogP contribution is 2.29. The molecule has 0 saturated heterocycles. The first-order chi connectivity index (χ1) is 7.38. The Morgan fingerprint density at radius 2 is 2.00 bits per heavy atom. The van der Waals surface area contributed by atoms with Crippen molar-refractivity contribution < 1.29 is 5.11 Å². The number of phenols is 1. The van der Waals surface area contributed by atoms with Crippen LogP contribution in [0.1, 0.15) is 32.8 Å². The number of benzene rings is 1. The van der Waals surface area contributed by atoms with Crippen LogP contribution in [0.5, 0.6) is 5.75 Å². The third-order valence-electron chi connectivity index (χ3n) is 3.38. The van der Waals surface area contributed by atoms with Crippen LogP contribution in [0, 0.1) is 0 Å². The first-order valence-corrected chi connectivity index (χ1v) is 6.35. The summed E-state index contributed by atoms with van der Waals surface area (Å²) in [6.07, 6.45) is 1.08. The molecular weight excluding hydrogens is 266 g/mol. The number of hydrogen-bond donors (Lipinski definition) is 1. The fraction of sp³-hybridized carbons (Fsp3) is 0.538. The van der Waals surface area contributed by atoms with E-state index in [2.05, 4.69) is 48.6 Å². The summed E-state index contributed by atoms with van der Waals surface area (Å²) >= 11 is 3.33. The van der Waals surface area contributed by atoms with Crippen molar-refractivity contribution in [1.29, 1.82) is 0 Å². The summed E-state index contributed by atoms with van der Waals surface area (Å²) in [5.41, 5.74) is 1.10. The molecule has 0 aliphatic rings. The third kappa shape index (κ3) is 2.98. The first kappa shape index (κ1) is 13.5. The molecular formula is C13H20BrNO. The molecule has 0 fully saturated rings. The minimum absolute atomic E-state index is 0.148. The molecule has 0 heterocycles. The largest absolute Gasteiger partial charge is 0.506 e. The summed E-state index contributed by atoms with van der Waals surface area (Å²) in [6.45, 7) is 7.35. The zero-order valence-electron chi connectivity index (χ0n) is 10.4. The van der Waals surface area contributed by atoms with Gasteiger partial charge in [-0.3, -0.25) is 4.90 Å². The van der Waals surface area contributed by atoms with Crippen molar-refractivity contribution in [3.8, 4) is 5.75 Å². The second kappa shape index (κ2) is 5.19. The summed E-state index contributed by atoms with van der Waals surface area (Å²) in [5.74, 6) is 0.348. The molecule has 0 atom stereocenters. The molecule has 0 unspecified atom stereocenters. The number of nitrogens with zero attached hydrogens (tertiary/aromatic N) is 1. The van der Waals surface area contributed by atoms with E-state index in [1.54, 1.807) is 0 Å². The molecule has 0 radical (unpaired) electrons. The fourth-order valence-corrected chi connectivity index (χ4v) is 1.83. The molecule has 0 bridgehead atoms. The summed E-state index contributed by atoms with van der Waals surface area (Å²) < 4.78 is 0.757. The lowest BCUT2D eigenvalue weighted by Crippen LogP contribution is -2.39. The maximum Gasteiger partial charge on any atom is 0.134 e. The minimum atomic E-state index is 0.148. The Morgan fingerprint density at radius 1 is 1.38 bits per heavy atom. The van der Waals surface area contributed by atoms with Crippen molar-refractivity contribution in [3.63, 3.8) is 0 Å². The van der Waals surface area contributed by atoms with E-state index in [-0.39, 0.29) is 5.54 Å². The van der Waals surface area contributed by atoms with E-state index in [4.69, 9.17) is 0 Å². The van der Waals surface area contributed by atoms with Gasteiger partial charge in [-0.15, -0.1) is 0 Å². The van der Waals surface area contributed by atoms with Gasteiger partial charge in [-0.2, -0.15) is 0 Å². The van der Waals surface area contributed by atoms with Gasteiger partial charge in [-0.05, 0) is 49.3 Å². The van der Waals surface area contributed by atoms with Crippen LogP contribution in [0.15, 0.2) is 22.7 Å². The van der Waals surface area contributed by atoms with Gasteiger partial charge in [0.15, 0.2) is 0 Å². The van der Waals surface area contributed by atoms with Crippen LogP contribution >= 0.6 is 15.9 Å². The van der Waals surface area contributed by atoms with Gasteiger partial charge in [0, 0.05) is 17.6 Å². The highest BCUT2D eigenvalue weighted by molar-refractivity contribution is 9.10. The Kier molecular flexibility index (Phi) is 4.39. The Balaban J connectivity index is 2.85. The van der Waals surface area contributed by atoms with Gasteiger partial charge < -0.3 is 5.11 Å². The molecule has 90 valence electrons. The topological polar surface area (TPSA) is 23.5 Å². The number of aromatic hydroxyl groups is 1. The lowest BCUT2D eigenvalue weighted by atomic mass is 9.99. The third-order valence-corrected chi connectivity index (χ3v) is 4.02. The van der Waals surface area contributed by atoms with E-state index < -0.39 is 0 Å². The molecule has 1 rings (SSSR count). The zero-order chi connectivity index (χ0) is 12.3. The van der Waals surface area contributed by atoms with Gasteiger partial charge in [0.25, 0.3) is 0 Å². The Labute approximate surface area is 106 Å². The molecule has 0 amide bonds. The maximum absolute atomic E-state index is 9.91. The molecule has 2 nitrogen and oxygen atoms in total. The van der Waals surface area contributed by atoms with Crippen LogP contribution in [0.3, 0.4) is 0 Å². The van der Waals surface area contributed by atoms with Crippen molar-refractivity contribution in [1.82, 2.24) is 4.90 Å². The van der Waals surface area contributed by atoms with E-state index in [9.17, 15) is 5.11 Å². The molecule has 16 heavy (non-hydrogen) atoms. The second-order valence-electron chi connectivity index (χ2n) is 4.77. The van der Waals surface area contributed by atoms with Crippen molar-refractivity contribution in [2.75, 3.05) is 7.05 Å². The van der Waals surface area contributed by atoms with Crippen molar-refractivity contribution in [2.45, 2.75) is 39.3 Å². The average Bonchev–Trinajstić information content (AvgIpc) is 2.24.